The number of aliphatic hydroxyl groups excluding tert-OH is 2. The van der Waals surface area contributed by atoms with Crippen molar-refractivity contribution >= 4 is 5.57 Å². The number of rotatable bonds is 4. The maximum Gasteiger partial charge on any atom is 0.417 e. The Balaban J connectivity index is 1.70. The third-order valence-corrected chi connectivity index (χ3v) is 7.80. The number of hydrogen-bond acceptors (Lipinski definition) is 5. The summed E-state index contributed by atoms with van der Waals surface area (Å²) in [4.78, 5) is 8.99. The van der Waals surface area contributed by atoms with Crippen LogP contribution >= 0.6 is 0 Å². The highest BCUT2D eigenvalue weighted by Crippen LogP contribution is 2.55. The predicted octanol–water partition coefficient (Wildman–Crippen LogP) is 5.65. The average Bonchev–Trinajstić information content (AvgIpc) is 2.81. The van der Waals surface area contributed by atoms with Gasteiger partial charge < -0.3 is 14.9 Å². The first kappa shape index (κ1) is 24.4. The molecule has 0 amide bonds. The Bertz CT molecular complexity index is 1140. The maximum atomic E-state index is 13.1. The molecule has 2 aromatic rings. The Kier molecular flexibility index (Phi) is 6.26. The van der Waals surface area contributed by atoms with E-state index in [0.29, 0.717) is 37.3 Å². The normalized spacial score (nSPS) is 22.5. The number of nitrogens with zero attached hydrogens (tertiary/aromatic N) is 2. The van der Waals surface area contributed by atoms with Crippen LogP contribution in [0.4, 0.5) is 13.2 Å². The smallest absolute Gasteiger partial charge is 0.388 e. The molecule has 2 aliphatic carbocycles. The van der Waals surface area contributed by atoms with Gasteiger partial charge in [-0.25, -0.2) is 0 Å². The summed E-state index contributed by atoms with van der Waals surface area (Å²) in [6, 6.07) is 2.16. The van der Waals surface area contributed by atoms with Gasteiger partial charge in [0.25, 0.3) is 0 Å². The first-order valence-electron chi connectivity index (χ1n) is 12.3. The van der Waals surface area contributed by atoms with Crippen molar-refractivity contribution in [3.8, 4) is 0 Å². The summed E-state index contributed by atoms with van der Waals surface area (Å²) in [5, 5.41) is 22.9. The molecule has 8 heteroatoms. The van der Waals surface area contributed by atoms with Gasteiger partial charge in [-0.05, 0) is 66.7 Å². The standard InChI is InChI=1S/C27H31F3N2O3/c1-15(2)24-23(25(34)18-5-4-17(14-31-18)27(28,29)30)21(16-6-10-35-11-7-16)22-19(32-24)12-26(8-3-9-26)13-20(22)33/h4-6,14-15,20,25,33-34H,3,7-13H2,1-2H3/t20?,25-/m1/s1. The van der Waals surface area contributed by atoms with E-state index in [0.717, 1.165) is 60.3 Å². The lowest BCUT2D eigenvalue weighted by Gasteiger charge is -2.47. The van der Waals surface area contributed by atoms with Crippen LogP contribution in [0.1, 0.15) is 103 Å². The van der Waals surface area contributed by atoms with Crippen LogP contribution in [0, 0.1) is 5.41 Å². The average molecular weight is 489 g/mol. The summed E-state index contributed by atoms with van der Waals surface area (Å²) in [5.74, 6) is -0.0463. The summed E-state index contributed by atoms with van der Waals surface area (Å²) in [5.41, 5.74) is 3.95. The second-order valence-electron chi connectivity index (χ2n) is 10.5. The summed E-state index contributed by atoms with van der Waals surface area (Å²) < 4.78 is 44.8. The van der Waals surface area contributed by atoms with Crippen LogP contribution in [-0.4, -0.2) is 33.4 Å². The fourth-order valence-electron chi connectivity index (χ4n) is 5.87. The Morgan fingerprint density at radius 3 is 2.51 bits per heavy atom. The molecule has 0 bridgehead atoms. The fourth-order valence-corrected chi connectivity index (χ4v) is 5.87. The van der Waals surface area contributed by atoms with E-state index in [9.17, 15) is 23.4 Å². The number of pyridine rings is 2. The maximum absolute atomic E-state index is 13.1. The van der Waals surface area contributed by atoms with Crippen LogP contribution < -0.4 is 0 Å². The number of fused-ring (bicyclic) bond motifs is 1. The molecule has 1 fully saturated rings. The topological polar surface area (TPSA) is 75.5 Å². The van der Waals surface area contributed by atoms with Crippen molar-refractivity contribution in [1.29, 1.82) is 0 Å². The van der Waals surface area contributed by atoms with Crippen molar-refractivity contribution in [1.82, 2.24) is 9.97 Å². The van der Waals surface area contributed by atoms with Crippen molar-refractivity contribution in [3.63, 3.8) is 0 Å². The van der Waals surface area contributed by atoms with Crippen LogP contribution in [0.25, 0.3) is 5.57 Å². The van der Waals surface area contributed by atoms with E-state index in [1.165, 1.54) is 6.07 Å². The van der Waals surface area contributed by atoms with E-state index in [2.05, 4.69) is 4.98 Å². The lowest BCUT2D eigenvalue weighted by Crippen LogP contribution is -2.38. The minimum absolute atomic E-state index is 0.0463. The minimum Gasteiger partial charge on any atom is -0.388 e. The quantitative estimate of drug-likeness (QED) is 0.581. The van der Waals surface area contributed by atoms with E-state index >= 15 is 0 Å². The molecule has 1 saturated carbocycles. The van der Waals surface area contributed by atoms with E-state index in [1.54, 1.807) is 0 Å². The van der Waals surface area contributed by atoms with Gasteiger partial charge in [0.1, 0.15) is 6.10 Å². The van der Waals surface area contributed by atoms with E-state index < -0.39 is 23.9 Å². The highest BCUT2D eigenvalue weighted by atomic mass is 19.4. The van der Waals surface area contributed by atoms with Gasteiger partial charge >= 0.3 is 6.18 Å². The zero-order valence-electron chi connectivity index (χ0n) is 20.0. The second kappa shape index (κ2) is 8.98. The number of aliphatic hydroxyl groups is 2. The third kappa shape index (κ3) is 4.41. The van der Waals surface area contributed by atoms with Crippen LogP contribution in [-0.2, 0) is 17.3 Å². The molecule has 5 rings (SSSR count). The first-order valence-corrected chi connectivity index (χ1v) is 12.3. The van der Waals surface area contributed by atoms with E-state index in [4.69, 9.17) is 9.72 Å². The van der Waals surface area contributed by atoms with Crippen LogP contribution in [0.15, 0.2) is 24.4 Å². The van der Waals surface area contributed by atoms with Gasteiger partial charge in [-0.1, -0.05) is 26.3 Å². The van der Waals surface area contributed by atoms with Crippen LogP contribution in [0.2, 0.25) is 0 Å². The summed E-state index contributed by atoms with van der Waals surface area (Å²) >= 11 is 0. The molecule has 35 heavy (non-hydrogen) atoms. The molecule has 1 spiro atoms. The van der Waals surface area contributed by atoms with Crippen LogP contribution in [0.3, 0.4) is 0 Å². The molecule has 188 valence electrons. The Morgan fingerprint density at radius 1 is 1.20 bits per heavy atom. The lowest BCUT2D eigenvalue weighted by atomic mass is 9.59. The molecule has 2 aromatic heterocycles. The molecule has 3 aliphatic rings. The third-order valence-electron chi connectivity index (χ3n) is 7.80. The number of halogens is 3. The summed E-state index contributed by atoms with van der Waals surface area (Å²) in [6.45, 7) is 4.93. The number of aromatic nitrogens is 2. The molecule has 1 unspecified atom stereocenters. The monoisotopic (exact) mass is 488 g/mol. The zero-order valence-corrected chi connectivity index (χ0v) is 20.0. The van der Waals surface area contributed by atoms with Crippen molar-refractivity contribution in [2.75, 3.05) is 13.2 Å². The predicted molar refractivity (Wildman–Crippen MR) is 125 cm³/mol. The lowest BCUT2D eigenvalue weighted by molar-refractivity contribution is -0.137. The van der Waals surface area contributed by atoms with Crippen molar-refractivity contribution in [3.05, 3.63) is 63.7 Å². The summed E-state index contributed by atoms with van der Waals surface area (Å²) in [6.07, 6.45) is 1.61. The van der Waals surface area contributed by atoms with Gasteiger partial charge in [0.2, 0.25) is 0 Å². The van der Waals surface area contributed by atoms with Gasteiger partial charge in [0.15, 0.2) is 0 Å². The van der Waals surface area contributed by atoms with E-state index in [1.807, 2.05) is 19.9 Å². The fraction of sp³-hybridized carbons (Fsp3) is 0.556. The summed E-state index contributed by atoms with van der Waals surface area (Å²) in [7, 11) is 0. The molecular weight excluding hydrogens is 457 g/mol. The van der Waals surface area contributed by atoms with Crippen molar-refractivity contribution in [2.24, 2.45) is 5.41 Å². The molecular formula is C27H31F3N2O3. The number of ether oxygens (including phenoxy) is 1. The molecule has 0 saturated heterocycles. The number of alkyl halides is 3. The van der Waals surface area contributed by atoms with Gasteiger partial charge in [-0.3, -0.25) is 9.97 Å². The molecule has 5 nitrogen and oxygen atoms in total. The zero-order chi connectivity index (χ0) is 25.0. The molecule has 0 radical (unpaired) electrons. The van der Waals surface area contributed by atoms with E-state index in [-0.39, 0.29) is 17.0 Å². The molecule has 2 N–H and O–H groups in total. The molecule has 3 heterocycles. The highest BCUT2D eigenvalue weighted by Gasteiger charge is 2.46. The minimum atomic E-state index is -4.51. The molecule has 2 atom stereocenters. The second-order valence-corrected chi connectivity index (χ2v) is 10.5. The van der Waals surface area contributed by atoms with Gasteiger partial charge in [-0.15, -0.1) is 0 Å². The number of hydrogen-bond donors (Lipinski definition) is 2. The van der Waals surface area contributed by atoms with Gasteiger partial charge in [0.05, 0.1) is 36.3 Å². The van der Waals surface area contributed by atoms with Gasteiger partial charge in [0, 0.05) is 23.0 Å². The Labute approximate surface area is 203 Å². The Hall–Kier alpha value is -2.29. The molecule has 1 aliphatic heterocycles. The van der Waals surface area contributed by atoms with Crippen LogP contribution in [0.5, 0.6) is 0 Å². The molecule has 0 aromatic carbocycles. The largest absolute Gasteiger partial charge is 0.417 e. The Morgan fingerprint density at radius 2 is 1.97 bits per heavy atom. The van der Waals surface area contributed by atoms with Crippen molar-refractivity contribution in [2.45, 2.75) is 76.7 Å². The highest BCUT2D eigenvalue weighted by molar-refractivity contribution is 5.74. The van der Waals surface area contributed by atoms with Gasteiger partial charge in [-0.2, -0.15) is 13.2 Å². The van der Waals surface area contributed by atoms with Crippen molar-refractivity contribution < 1.29 is 28.1 Å². The first-order chi connectivity index (χ1) is 16.6. The SMILES string of the molecule is CC(C)c1nc2c(c(C3=CCOCC3)c1[C@H](O)c1ccc(C(F)(F)F)cn1)C(O)CC1(CCC1)C2.